The summed E-state index contributed by atoms with van der Waals surface area (Å²) in [5, 5.41) is 0. The smallest absolute Gasteiger partial charge is 0.330 e. The van der Waals surface area contributed by atoms with E-state index in [0.717, 1.165) is 44.5 Å². The third-order valence-electron chi connectivity index (χ3n) is 4.08. The highest BCUT2D eigenvalue weighted by atomic mass is 16.5. The normalized spacial score (nSPS) is 21.7. The van der Waals surface area contributed by atoms with Crippen molar-refractivity contribution in [2.24, 2.45) is 0 Å². The van der Waals surface area contributed by atoms with Crippen LogP contribution in [0.2, 0.25) is 0 Å². The Labute approximate surface area is 133 Å². The van der Waals surface area contributed by atoms with Crippen LogP contribution in [0.1, 0.15) is 57.4 Å². The van der Waals surface area contributed by atoms with Crippen molar-refractivity contribution >= 4 is 5.97 Å². The zero-order chi connectivity index (χ0) is 15.8. The van der Waals surface area contributed by atoms with Crippen molar-refractivity contribution < 1.29 is 14.3 Å². The van der Waals surface area contributed by atoms with E-state index in [1.54, 1.807) is 6.08 Å². The minimum atomic E-state index is -0.219. The zero-order valence-corrected chi connectivity index (χ0v) is 13.6. The monoisotopic (exact) mass is 302 g/mol. The van der Waals surface area contributed by atoms with Crippen LogP contribution < -0.4 is 4.74 Å². The van der Waals surface area contributed by atoms with Gasteiger partial charge in [0.05, 0.1) is 6.61 Å². The molecule has 0 aromatic heterocycles. The molecule has 0 N–H and O–H groups in total. The van der Waals surface area contributed by atoms with Gasteiger partial charge in [-0.3, -0.25) is 0 Å². The molecule has 1 saturated carbocycles. The van der Waals surface area contributed by atoms with E-state index in [1.165, 1.54) is 11.6 Å². The Morgan fingerprint density at radius 3 is 2.45 bits per heavy atom. The minimum absolute atomic E-state index is 0.0760. The van der Waals surface area contributed by atoms with Crippen LogP contribution in [0.5, 0.6) is 5.75 Å². The second kappa shape index (κ2) is 8.62. The van der Waals surface area contributed by atoms with Gasteiger partial charge in [-0.2, -0.15) is 0 Å². The molecule has 0 saturated heterocycles. The molecule has 22 heavy (non-hydrogen) atoms. The van der Waals surface area contributed by atoms with Gasteiger partial charge in [-0.05, 0) is 62.6 Å². The molecule has 3 nitrogen and oxygen atoms in total. The van der Waals surface area contributed by atoms with Crippen molar-refractivity contribution in [3.8, 4) is 5.75 Å². The maximum Gasteiger partial charge on any atom is 0.330 e. The second-order valence-electron chi connectivity index (χ2n) is 5.83. The van der Waals surface area contributed by atoms with Crippen molar-refractivity contribution in [1.82, 2.24) is 0 Å². The molecule has 0 radical (unpaired) electrons. The summed E-state index contributed by atoms with van der Waals surface area (Å²) in [5.74, 6) is 1.29. The lowest BCUT2D eigenvalue weighted by atomic mass is 9.83. The van der Waals surface area contributed by atoms with Gasteiger partial charge in [0.2, 0.25) is 0 Å². The molecule has 0 amide bonds. The third-order valence-corrected chi connectivity index (χ3v) is 4.08. The van der Waals surface area contributed by atoms with Crippen molar-refractivity contribution in [2.45, 2.75) is 58.0 Å². The summed E-state index contributed by atoms with van der Waals surface area (Å²) in [6, 6.07) is 8.45. The van der Waals surface area contributed by atoms with E-state index < -0.39 is 0 Å². The molecule has 0 heterocycles. The Hall–Kier alpha value is -1.77. The van der Waals surface area contributed by atoms with Gasteiger partial charge in [0.15, 0.2) is 0 Å². The number of carbonyl (C=O) groups is 1. The maximum absolute atomic E-state index is 11.5. The summed E-state index contributed by atoms with van der Waals surface area (Å²) in [6.07, 6.45) is 8.34. The molecule has 1 aromatic rings. The van der Waals surface area contributed by atoms with Crippen LogP contribution in [0.15, 0.2) is 36.4 Å². The predicted octanol–water partition coefficient (Wildman–Crippen LogP) is 4.62. The first-order chi connectivity index (χ1) is 10.7. The van der Waals surface area contributed by atoms with Gasteiger partial charge in [-0.25, -0.2) is 4.79 Å². The summed E-state index contributed by atoms with van der Waals surface area (Å²) in [4.78, 5) is 11.5. The number of allylic oxidation sites excluding steroid dienone is 1. The Morgan fingerprint density at radius 2 is 1.86 bits per heavy atom. The standard InChI is InChI=1S/C19H26O3/c1-3-5-19(20)22-18-12-8-16(9-13-18)15-6-10-17(11-7-15)21-14-4-2/h3,5-7,10-11,16,18H,4,8-9,12-14H2,1-2H3/b5-3+. The highest BCUT2D eigenvalue weighted by Gasteiger charge is 2.24. The number of ether oxygens (including phenoxy) is 2. The summed E-state index contributed by atoms with van der Waals surface area (Å²) in [7, 11) is 0. The van der Waals surface area contributed by atoms with E-state index in [9.17, 15) is 4.79 Å². The lowest BCUT2D eigenvalue weighted by molar-refractivity contribution is -0.144. The SMILES string of the molecule is C/C=C/C(=O)OC1CCC(c2ccc(OCCC)cc2)CC1. The molecule has 2 rings (SSSR count). The van der Waals surface area contributed by atoms with Crippen molar-refractivity contribution in [3.63, 3.8) is 0 Å². The van der Waals surface area contributed by atoms with E-state index in [0.29, 0.717) is 5.92 Å². The lowest BCUT2D eigenvalue weighted by Crippen LogP contribution is -2.23. The molecule has 1 aliphatic rings. The van der Waals surface area contributed by atoms with Crippen LogP contribution in [-0.2, 0) is 9.53 Å². The van der Waals surface area contributed by atoms with Crippen molar-refractivity contribution in [3.05, 3.63) is 42.0 Å². The molecule has 0 spiro atoms. The molecule has 0 aliphatic heterocycles. The molecule has 0 atom stereocenters. The van der Waals surface area contributed by atoms with Crippen LogP contribution >= 0.6 is 0 Å². The summed E-state index contributed by atoms with van der Waals surface area (Å²) >= 11 is 0. The zero-order valence-electron chi connectivity index (χ0n) is 13.6. The fraction of sp³-hybridized carbons (Fsp3) is 0.526. The first-order valence-electron chi connectivity index (χ1n) is 8.29. The van der Waals surface area contributed by atoms with Gasteiger partial charge < -0.3 is 9.47 Å². The van der Waals surface area contributed by atoms with Gasteiger partial charge >= 0.3 is 5.97 Å². The van der Waals surface area contributed by atoms with Gasteiger partial charge in [0.25, 0.3) is 0 Å². The first kappa shape index (κ1) is 16.6. The molecular formula is C19H26O3. The molecule has 3 heteroatoms. The quantitative estimate of drug-likeness (QED) is 0.568. The van der Waals surface area contributed by atoms with Crippen molar-refractivity contribution in [2.75, 3.05) is 6.61 Å². The van der Waals surface area contributed by atoms with E-state index in [-0.39, 0.29) is 12.1 Å². The first-order valence-corrected chi connectivity index (χ1v) is 8.29. The molecule has 120 valence electrons. The Morgan fingerprint density at radius 1 is 1.18 bits per heavy atom. The average Bonchev–Trinajstić information content (AvgIpc) is 2.54. The van der Waals surface area contributed by atoms with Crippen molar-refractivity contribution in [1.29, 1.82) is 0 Å². The number of hydrogen-bond acceptors (Lipinski definition) is 3. The van der Waals surface area contributed by atoms with Gasteiger partial charge in [0, 0.05) is 6.08 Å². The molecule has 1 fully saturated rings. The molecule has 0 unspecified atom stereocenters. The highest BCUT2D eigenvalue weighted by molar-refractivity contribution is 5.81. The molecular weight excluding hydrogens is 276 g/mol. The Kier molecular flexibility index (Phi) is 6.50. The number of rotatable bonds is 6. The fourth-order valence-electron chi connectivity index (χ4n) is 2.91. The van der Waals surface area contributed by atoms with Crippen LogP contribution in [0.4, 0.5) is 0 Å². The second-order valence-corrected chi connectivity index (χ2v) is 5.83. The molecule has 1 aliphatic carbocycles. The van der Waals surface area contributed by atoms with E-state index in [2.05, 4.69) is 31.2 Å². The third kappa shape index (κ3) is 4.90. The lowest BCUT2D eigenvalue weighted by Gasteiger charge is -2.28. The maximum atomic E-state index is 11.5. The molecule has 1 aromatic carbocycles. The molecule has 0 bridgehead atoms. The number of carbonyl (C=O) groups excluding carboxylic acids is 1. The van der Waals surface area contributed by atoms with Crippen LogP contribution in [0, 0.1) is 0 Å². The summed E-state index contributed by atoms with van der Waals surface area (Å²) in [6.45, 7) is 4.70. The topological polar surface area (TPSA) is 35.5 Å². The summed E-state index contributed by atoms with van der Waals surface area (Å²) < 4.78 is 11.1. The summed E-state index contributed by atoms with van der Waals surface area (Å²) in [5.41, 5.74) is 1.36. The van der Waals surface area contributed by atoms with Crippen LogP contribution in [-0.4, -0.2) is 18.7 Å². The van der Waals surface area contributed by atoms with Gasteiger partial charge in [-0.1, -0.05) is 25.1 Å². The number of esters is 1. The predicted molar refractivity (Wildman–Crippen MR) is 88.1 cm³/mol. The van der Waals surface area contributed by atoms with E-state index >= 15 is 0 Å². The number of benzene rings is 1. The van der Waals surface area contributed by atoms with Gasteiger partial charge in [0.1, 0.15) is 11.9 Å². The number of hydrogen-bond donors (Lipinski definition) is 0. The van der Waals surface area contributed by atoms with E-state index in [1.807, 2.05) is 6.92 Å². The minimum Gasteiger partial charge on any atom is -0.494 e. The highest BCUT2D eigenvalue weighted by Crippen LogP contribution is 2.34. The van der Waals surface area contributed by atoms with E-state index in [4.69, 9.17) is 9.47 Å². The van der Waals surface area contributed by atoms with Gasteiger partial charge in [-0.15, -0.1) is 0 Å². The fourth-order valence-corrected chi connectivity index (χ4v) is 2.91. The van der Waals surface area contributed by atoms with Crippen LogP contribution in [0.25, 0.3) is 0 Å². The largest absolute Gasteiger partial charge is 0.494 e. The van der Waals surface area contributed by atoms with Crippen LogP contribution in [0.3, 0.4) is 0 Å². The Bertz CT molecular complexity index is 482. The Balaban J connectivity index is 1.82. The average molecular weight is 302 g/mol.